The molecule has 0 spiro atoms. The number of amides is 2. The monoisotopic (exact) mass is 460 g/mol. The molecule has 0 bridgehead atoms. The number of imide groups is 1. The molecule has 2 aromatic rings. The Balaban J connectivity index is 1.62. The van der Waals surface area contributed by atoms with Crippen molar-refractivity contribution in [2.24, 2.45) is 0 Å². The summed E-state index contributed by atoms with van der Waals surface area (Å²) in [6.07, 6.45) is 1.65. The molecule has 1 heterocycles. The molecule has 1 aliphatic heterocycles. The Morgan fingerprint density at radius 2 is 1.87 bits per heavy atom. The number of rotatable bonds is 8. The summed E-state index contributed by atoms with van der Waals surface area (Å²) in [6, 6.07) is 9.57. The van der Waals surface area contributed by atoms with Gasteiger partial charge < -0.3 is 10.1 Å². The summed E-state index contributed by atoms with van der Waals surface area (Å²) in [5.41, 5.74) is 0.706. The summed E-state index contributed by atoms with van der Waals surface area (Å²) < 4.78 is 5.05. The normalized spacial score (nSPS) is 15.8. The van der Waals surface area contributed by atoms with E-state index in [4.69, 9.17) is 27.9 Å². The second kappa shape index (κ2) is 9.87. The molecule has 1 atom stereocenters. The molecule has 9 heteroatoms. The largest absolute Gasteiger partial charge is 0.454 e. The molecule has 3 rings (SSSR count). The number of hydrogen-bond acceptors (Lipinski definition) is 6. The molecule has 2 amide bonds. The maximum absolute atomic E-state index is 12.5. The number of anilines is 1. The number of Topliss-reactive ketones (excluding diaryl/α,β-unsaturated/α-hetero) is 1. The van der Waals surface area contributed by atoms with Gasteiger partial charge in [-0.15, -0.1) is 6.58 Å². The van der Waals surface area contributed by atoms with Gasteiger partial charge in [0.15, 0.2) is 6.61 Å². The zero-order valence-electron chi connectivity index (χ0n) is 16.3. The van der Waals surface area contributed by atoms with Crippen LogP contribution in [0.15, 0.2) is 55.1 Å². The minimum Gasteiger partial charge on any atom is -0.454 e. The third-order valence-electron chi connectivity index (χ3n) is 4.58. The maximum Gasteiger partial charge on any atom is 0.338 e. The quantitative estimate of drug-likeness (QED) is 0.280. The number of esters is 1. The molecule has 0 aromatic heterocycles. The first-order chi connectivity index (χ1) is 14.8. The summed E-state index contributed by atoms with van der Waals surface area (Å²) in [6.45, 7) is 3.48. The van der Waals surface area contributed by atoms with Crippen molar-refractivity contribution in [1.29, 1.82) is 0 Å². The first-order valence-electron chi connectivity index (χ1n) is 9.28. The Morgan fingerprint density at radius 1 is 1.16 bits per heavy atom. The van der Waals surface area contributed by atoms with Gasteiger partial charge in [0.25, 0.3) is 5.91 Å². The van der Waals surface area contributed by atoms with E-state index in [9.17, 15) is 19.2 Å². The molecule has 1 aliphatic rings. The van der Waals surface area contributed by atoms with Gasteiger partial charge in [-0.2, -0.15) is 0 Å². The van der Waals surface area contributed by atoms with Gasteiger partial charge in [0, 0.05) is 17.1 Å². The smallest absolute Gasteiger partial charge is 0.338 e. The molecule has 2 aromatic carbocycles. The lowest BCUT2D eigenvalue weighted by Crippen LogP contribution is -2.38. The number of nitrogens with zero attached hydrogens (tertiary/aromatic N) is 1. The van der Waals surface area contributed by atoms with Crippen LogP contribution in [-0.4, -0.2) is 42.8 Å². The fourth-order valence-electron chi connectivity index (χ4n) is 3.04. The maximum atomic E-state index is 12.5. The third-order valence-corrected chi connectivity index (χ3v) is 5.13. The highest BCUT2D eigenvalue weighted by molar-refractivity contribution is 6.36. The lowest BCUT2D eigenvalue weighted by molar-refractivity contribution is -0.121. The van der Waals surface area contributed by atoms with Gasteiger partial charge in [-0.25, -0.2) is 9.69 Å². The number of ketones is 1. The number of benzene rings is 2. The average molecular weight is 461 g/mol. The van der Waals surface area contributed by atoms with Crippen LogP contribution in [0.4, 0.5) is 5.69 Å². The van der Waals surface area contributed by atoms with Crippen LogP contribution in [0.3, 0.4) is 0 Å². The van der Waals surface area contributed by atoms with Crippen LogP contribution in [0.5, 0.6) is 0 Å². The molecular formula is C22H18Cl2N2O5. The summed E-state index contributed by atoms with van der Waals surface area (Å²) in [5, 5.41) is 3.49. The molecule has 1 fully saturated rings. The van der Waals surface area contributed by atoms with Crippen LogP contribution < -0.4 is 10.2 Å². The molecule has 160 valence electrons. The van der Waals surface area contributed by atoms with E-state index < -0.39 is 24.4 Å². The van der Waals surface area contributed by atoms with E-state index in [1.807, 2.05) is 0 Å². The topological polar surface area (TPSA) is 92.8 Å². The lowest BCUT2D eigenvalue weighted by atomic mass is 10.1. The number of carbonyl (C=O) groups is 4. The van der Waals surface area contributed by atoms with Crippen LogP contribution in [0.1, 0.15) is 27.1 Å². The predicted octanol–water partition coefficient (Wildman–Crippen LogP) is 3.44. The van der Waals surface area contributed by atoms with Crippen molar-refractivity contribution >= 4 is 52.5 Å². The Hall–Kier alpha value is -3.00. The van der Waals surface area contributed by atoms with E-state index in [-0.39, 0.29) is 34.4 Å². The highest BCUT2D eigenvalue weighted by Crippen LogP contribution is 2.24. The van der Waals surface area contributed by atoms with Gasteiger partial charge in [-0.3, -0.25) is 14.4 Å². The fraction of sp³-hybridized carbons (Fsp3) is 0.182. The molecule has 1 N–H and O–H groups in total. The van der Waals surface area contributed by atoms with Crippen molar-refractivity contribution in [3.8, 4) is 0 Å². The number of hydrogen-bond donors (Lipinski definition) is 1. The molecule has 1 saturated heterocycles. The molecular weight excluding hydrogens is 443 g/mol. The van der Waals surface area contributed by atoms with Crippen LogP contribution in [0, 0.1) is 0 Å². The van der Waals surface area contributed by atoms with Crippen molar-refractivity contribution < 1.29 is 23.9 Å². The number of ether oxygens (including phenoxy) is 1. The molecule has 31 heavy (non-hydrogen) atoms. The van der Waals surface area contributed by atoms with E-state index in [1.54, 1.807) is 6.08 Å². The van der Waals surface area contributed by atoms with Crippen LogP contribution in [0.25, 0.3) is 0 Å². The van der Waals surface area contributed by atoms with Gasteiger partial charge in [0.1, 0.15) is 0 Å². The number of carbonyl (C=O) groups excluding carboxylic acids is 4. The zero-order chi connectivity index (χ0) is 22.5. The van der Waals surface area contributed by atoms with Crippen LogP contribution in [-0.2, 0) is 14.3 Å². The number of halogens is 2. The minimum absolute atomic E-state index is 0.0475. The van der Waals surface area contributed by atoms with Crippen LogP contribution >= 0.6 is 23.2 Å². The Morgan fingerprint density at radius 3 is 2.52 bits per heavy atom. The van der Waals surface area contributed by atoms with Gasteiger partial charge in [-0.1, -0.05) is 29.3 Å². The second-order valence-corrected chi connectivity index (χ2v) is 7.54. The van der Waals surface area contributed by atoms with E-state index in [1.165, 1.54) is 42.5 Å². The van der Waals surface area contributed by atoms with Crippen LogP contribution in [0.2, 0.25) is 10.0 Å². The first-order valence-corrected chi connectivity index (χ1v) is 10.0. The van der Waals surface area contributed by atoms with E-state index in [2.05, 4.69) is 11.9 Å². The first kappa shape index (κ1) is 22.7. The highest BCUT2D eigenvalue weighted by atomic mass is 35.5. The van der Waals surface area contributed by atoms with Crippen molar-refractivity contribution in [3.05, 3.63) is 76.3 Å². The molecule has 0 aliphatic carbocycles. The molecule has 7 nitrogen and oxygen atoms in total. The molecule has 0 saturated carbocycles. The van der Waals surface area contributed by atoms with Gasteiger partial charge in [0.05, 0.1) is 28.7 Å². The van der Waals surface area contributed by atoms with Crippen molar-refractivity contribution in [1.82, 2.24) is 5.32 Å². The standard InChI is InChI=1S/C22H18Cl2N2O5/c1-2-9-25-18-11-20(28)26(21(18)29)15-6-3-13(4-7-15)22(30)31-12-19(27)16-8-5-14(23)10-17(16)24/h2-8,10,18,25H,1,9,11-12H2. The van der Waals surface area contributed by atoms with E-state index >= 15 is 0 Å². The summed E-state index contributed by atoms with van der Waals surface area (Å²) in [4.78, 5) is 50.2. The Bertz CT molecular complexity index is 1050. The molecule has 0 radical (unpaired) electrons. The second-order valence-electron chi connectivity index (χ2n) is 6.69. The molecule has 1 unspecified atom stereocenters. The SMILES string of the molecule is C=CCNC1CC(=O)N(c2ccc(C(=O)OCC(=O)c3ccc(Cl)cc3Cl)cc2)C1=O. The minimum atomic E-state index is -0.727. The summed E-state index contributed by atoms with van der Waals surface area (Å²) in [5.74, 6) is -1.91. The predicted molar refractivity (Wildman–Crippen MR) is 117 cm³/mol. The Kier molecular flexibility index (Phi) is 7.22. The van der Waals surface area contributed by atoms with Crippen molar-refractivity contribution in [3.63, 3.8) is 0 Å². The summed E-state index contributed by atoms with van der Waals surface area (Å²) in [7, 11) is 0. The van der Waals surface area contributed by atoms with Gasteiger partial charge in [0.2, 0.25) is 11.7 Å². The lowest BCUT2D eigenvalue weighted by Gasteiger charge is -2.15. The van der Waals surface area contributed by atoms with E-state index in [0.717, 1.165) is 4.90 Å². The van der Waals surface area contributed by atoms with Gasteiger partial charge in [-0.05, 0) is 42.5 Å². The highest BCUT2D eigenvalue weighted by Gasteiger charge is 2.39. The summed E-state index contributed by atoms with van der Waals surface area (Å²) >= 11 is 11.8. The van der Waals surface area contributed by atoms with Gasteiger partial charge >= 0.3 is 5.97 Å². The fourth-order valence-corrected chi connectivity index (χ4v) is 3.56. The van der Waals surface area contributed by atoms with E-state index in [0.29, 0.717) is 17.3 Å². The third kappa shape index (κ3) is 5.19. The average Bonchev–Trinajstić information content (AvgIpc) is 3.03. The van der Waals surface area contributed by atoms with Crippen molar-refractivity contribution in [2.45, 2.75) is 12.5 Å². The zero-order valence-corrected chi connectivity index (χ0v) is 17.8. The van der Waals surface area contributed by atoms with Crippen molar-refractivity contribution in [2.75, 3.05) is 18.1 Å². The Labute approximate surface area is 188 Å². The number of nitrogens with one attached hydrogen (secondary N) is 1.